The predicted octanol–water partition coefficient (Wildman–Crippen LogP) is 3.49. The Balaban J connectivity index is 2.33. The number of hydrogen-bond acceptors (Lipinski definition) is 3. The summed E-state index contributed by atoms with van der Waals surface area (Å²) in [6.07, 6.45) is -6.44. The third-order valence-corrected chi connectivity index (χ3v) is 4.00. The normalized spacial score (nSPS) is 11.6. The van der Waals surface area contributed by atoms with Crippen molar-refractivity contribution < 1.29 is 31.9 Å². The van der Waals surface area contributed by atoms with Gasteiger partial charge in [-0.05, 0) is 24.3 Å². The van der Waals surface area contributed by atoms with Gasteiger partial charge in [0.25, 0.3) is 5.56 Å². The van der Waals surface area contributed by atoms with Crippen LogP contribution in [0, 0.1) is 11.6 Å². The highest BCUT2D eigenvalue weighted by atomic mass is 19.4. The predicted molar refractivity (Wildman–Crippen MR) is 92.0 cm³/mol. The number of nitrogens with zero attached hydrogens (tertiary/aromatic N) is 2. The number of fused-ring (bicyclic) bond motifs is 1. The first kappa shape index (κ1) is 20.2. The van der Waals surface area contributed by atoms with Gasteiger partial charge in [-0.1, -0.05) is 6.07 Å². The van der Waals surface area contributed by atoms with Gasteiger partial charge in [-0.2, -0.15) is 13.2 Å². The van der Waals surface area contributed by atoms with Crippen LogP contribution in [0.25, 0.3) is 16.6 Å². The van der Waals surface area contributed by atoms with Crippen LogP contribution in [0.15, 0.2) is 41.2 Å². The fourth-order valence-electron chi connectivity index (χ4n) is 2.90. The quantitative estimate of drug-likeness (QED) is 0.642. The van der Waals surface area contributed by atoms with Crippen LogP contribution >= 0.6 is 0 Å². The van der Waals surface area contributed by atoms with Crippen LogP contribution in [0.1, 0.15) is 11.4 Å². The van der Waals surface area contributed by atoms with E-state index in [2.05, 4.69) is 4.98 Å². The molecule has 6 nitrogen and oxygen atoms in total. The molecule has 0 unspecified atom stereocenters. The molecule has 1 amide bonds. The zero-order valence-electron chi connectivity index (χ0n) is 14.4. The smallest absolute Gasteiger partial charge is 0.417 e. The minimum atomic E-state index is -4.86. The Morgan fingerprint density at radius 1 is 1.14 bits per heavy atom. The second-order valence-corrected chi connectivity index (χ2v) is 5.98. The van der Waals surface area contributed by atoms with Gasteiger partial charge in [-0.15, -0.1) is 0 Å². The molecular formula is C18H12F5N3O3. The topological polar surface area (TPSA) is 84.2 Å². The van der Waals surface area contributed by atoms with Crippen molar-refractivity contribution in [3.05, 3.63) is 69.8 Å². The molecule has 29 heavy (non-hydrogen) atoms. The summed E-state index contributed by atoms with van der Waals surface area (Å²) in [7, 11) is 0. The molecule has 0 aliphatic carbocycles. The van der Waals surface area contributed by atoms with Crippen molar-refractivity contribution in [1.29, 1.82) is 0 Å². The summed E-state index contributed by atoms with van der Waals surface area (Å²) in [5.41, 5.74) is -3.07. The molecule has 0 atom stereocenters. The first-order valence-electron chi connectivity index (χ1n) is 8.13. The van der Waals surface area contributed by atoms with E-state index in [-0.39, 0.29) is 30.0 Å². The van der Waals surface area contributed by atoms with Gasteiger partial charge >= 0.3 is 12.3 Å². The SMILES string of the molecule is O=C(O)NCCc1nc2cccc(C(F)(F)F)c2c(=O)n1-c1cc(F)cc(F)c1. The maximum atomic E-state index is 13.7. The van der Waals surface area contributed by atoms with Crippen LogP contribution in [0.3, 0.4) is 0 Å². The molecule has 3 rings (SSSR count). The monoisotopic (exact) mass is 413 g/mol. The first-order valence-corrected chi connectivity index (χ1v) is 8.13. The Morgan fingerprint density at radius 2 is 1.79 bits per heavy atom. The maximum Gasteiger partial charge on any atom is 0.417 e. The number of carbonyl (C=O) groups is 1. The van der Waals surface area contributed by atoms with E-state index in [9.17, 15) is 31.5 Å². The van der Waals surface area contributed by atoms with Crippen molar-refractivity contribution in [3.8, 4) is 5.69 Å². The van der Waals surface area contributed by atoms with Crippen LogP contribution in [-0.2, 0) is 12.6 Å². The largest absolute Gasteiger partial charge is 0.465 e. The summed E-state index contributed by atoms with van der Waals surface area (Å²) >= 11 is 0. The lowest BCUT2D eigenvalue weighted by Gasteiger charge is -2.16. The summed E-state index contributed by atoms with van der Waals surface area (Å²) in [6, 6.07) is 5.04. The van der Waals surface area contributed by atoms with Crippen molar-refractivity contribution in [2.24, 2.45) is 0 Å². The van der Waals surface area contributed by atoms with Gasteiger partial charge in [0.15, 0.2) is 0 Å². The van der Waals surface area contributed by atoms with E-state index in [1.165, 1.54) is 6.07 Å². The molecule has 3 aromatic rings. The number of halogens is 5. The maximum absolute atomic E-state index is 13.7. The van der Waals surface area contributed by atoms with Crippen LogP contribution in [-0.4, -0.2) is 27.3 Å². The Morgan fingerprint density at radius 3 is 2.38 bits per heavy atom. The van der Waals surface area contributed by atoms with Gasteiger partial charge < -0.3 is 10.4 Å². The molecule has 0 bridgehead atoms. The lowest BCUT2D eigenvalue weighted by Crippen LogP contribution is -2.30. The third kappa shape index (κ3) is 4.18. The number of hydrogen-bond donors (Lipinski definition) is 2. The fourth-order valence-corrected chi connectivity index (χ4v) is 2.90. The Labute approximate surface area is 159 Å². The van der Waals surface area contributed by atoms with Crippen LogP contribution in [0.5, 0.6) is 0 Å². The summed E-state index contributed by atoms with van der Waals surface area (Å²) in [6.45, 7) is -0.232. The van der Waals surface area contributed by atoms with Gasteiger partial charge in [0.2, 0.25) is 0 Å². The van der Waals surface area contributed by atoms with Gasteiger partial charge in [0.05, 0.1) is 22.2 Å². The highest BCUT2D eigenvalue weighted by Crippen LogP contribution is 2.33. The molecule has 1 heterocycles. The second kappa shape index (κ2) is 7.49. The van der Waals surface area contributed by atoms with Crippen LogP contribution in [0.2, 0.25) is 0 Å². The number of rotatable bonds is 4. The summed E-state index contributed by atoms with van der Waals surface area (Å²) in [5, 5.41) is 9.95. The molecule has 0 radical (unpaired) electrons. The van der Waals surface area contributed by atoms with Crippen molar-refractivity contribution >= 4 is 17.0 Å². The molecule has 11 heteroatoms. The van der Waals surface area contributed by atoms with Crippen LogP contribution < -0.4 is 10.9 Å². The van der Waals surface area contributed by atoms with E-state index in [0.29, 0.717) is 16.7 Å². The minimum Gasteiger partial charge on any atom is -0.465 e. The van der Waals surface area contributed by atoms with Gasteiger partial charge in [0.1, 0.15) is 17.5 Å². The lowest BCUT2D eigenvalue weighted by molar-refractivity contribution is -0.136. The van der Waals surface area contributed by atoms with Crippen molar-refractivity contribution in [2.75, 3.05) is 6.54 Å². The second-order valence-electron chi connectivity index (χ2n) is 5.98. The standard InChI is InChI=1S/C18H12F5N3O3/c19-9-6-10(20)8-11(7-9)26-14(4-5-24-17(28)29)25-13-3-1-2-12(18(21,22)23)15(13)16(26)27/h1-3,6-8,24H,4-5H2,(H,28,29). The molecule has 1 aromatic heterocycles. The average molecular weight is 413 g/mol. The summed E-state index contributed by atoms with van der Waals surface area (Å²) < 4.78 is 68.1. The van der Waals surface area contributed by atoms with Crippen LogP contribution in [0.4, 0.5) is 26.7 Å². The lowest BCUT2D eigenvalue weighted by atomic mass is 10.1. The molecular weight excluding hydrogens is 401 g/mol. The Hall–Kier alpha value is -3.50. The molecule has 152 valence electrons. The molecule has 0 spiro atoms. The summed E-state index contributed by atoms with van der Waals surface area (Å²) in [4.78, 5) is 27.6. The Kier molecular flexibility index (Phi) is 5.23. The van der Waals surface area contributed by atoms with Gasteiger partial charge in [-0.3, -0.25) is 9.36 Å². The number of aromatic nitrogens is 2. The zero-order valence-corrected chi connectivity index (χ0v) is 14.4. The number of amides is 1. The van der Waals surface area contributed by atoms with Crippen molar-refractivity contribution in [2.45, 2.75) is 12.6 Å². The van der Waals surface area contributed by atoms with E-state index < -0.39 is 40.4 Å². The minimum absolute atomic E-state index is 0.166. The number of benzene rings is 2. The number of carboxylic acid groups (broad SMARTS) is 1. The van der Waals surface area contributed by atoms with E-state index >= 15 is 0 Å². The summed E-state index contributed by atoms with van der Waals surface area (Å²) in [5.74, 6) is -2.27. The molecule has 2 N–H and O–H groups in total. The highest BCUT2D eigenvalue weighted by Gasteiger charge is 2.34. The fraction of sp³-hybridized carbons (Fsp3) is 0.167. The Bertz CT molecular complexity index is 1140. The number of nitrogens with one attached hydrogen (secondary N) is 1. The van der Waals surface area contributed by atoms with Crippen molar-refractivity contribution in [1.82, 2.24) is 14.9 Å². The third-order valence-electron chi connectivity index (χ3n) is 4.00. The van der Waals surface area contributed by atoms with E-state index in [0.717, 1.165) is 18.2 Å². The molecule has 2 aromatic carbocycles. The van der Waals surface area contributed by atoms with E-state index in [1.807, 2.05) is 5.32 Å². The zero-order chi connectivity index (χ0) is 21.3. The average Bonchev–Trinajstić information content (AvgIpc) is 2.59. The molecule has 0 aliphatic heterocycles. The number of alkyl halides is 3. The first-order chi connectivity index (χ1) is 13.6. The molecule has 0 saturated carbocycles. The van der Waals surface area contributed by atoms with Crippen molar-refractivity contribution in [3.63, 3.8) is 0 Å². The molecule has 0 saturated heterocycles. The molecule has 0 aliphatic rings. The van der Waals surface area contributed by atoms with E-state index in [4.69, 9.17) is 5.11 Å². The van der Waals surface area contributed by atoms with Gasteiger partial charge in [-0.25, -0.2) is 18.6 Å². The van der Waals surface area contributed by atoms with E-state index in [1.54, 1.807) is 0 Å². The highest BCUT2D eigenvalue weighted by molar-refractivity contribution is 5.82. The van der Waals surface area contributed by atoms with Gasteiger partial charge in [0, 0.05) is 19.0 Å². The molecule has 0 fully saturated rings.